The Morgan fingerprint density at radius 1 is 1.38 bits per heavy atom. The molecule has 0 aliphatic carbocycles. The number of carbonyl (C=O) groups is 1. The molecule has 5 nitrogen and oxygen atoms in total. The molecule has 21 heavy (non-hydrogen) atoms. The lowest BCUT2D eigenvalue weighted by atomic mass is 10.1. The number of rotatable bonds is 8. The van der Waals surface area contributed by atoms with Crippen LogP contribution in [-0.2, 0) is 21.2 Å². The SMILES string of the molecule is CC(C)C[C@H](NS(=O)(=O)CCc1cccc(Cl)c1)C(=O)O. The van der Waals surface area contributed by atoms with Crippen molar-refractivity contribution in [3.63, 3.8) is 0 Å². The highest BCUT2D eigenvalue weighted by Gasteiger charge is 2.24. The topological polar surface area (TPSA) is 83.5 Å². The number of carboxylic acids is 1. The van der Waals surface area contributed by atoms with Crippen LogP contribution in [0.4, 0.5) is 0 Å². The first-order chi connectivity index (χ1) is 9.69. The Hall–Kier alpha value is -1.11. The fourth-order valence-electron chi connectivity index (χ4n) is 1.89. The molecule has 0 spiro atoms. The second-order valence-corrected chi connectivity index (χ2v) is 7.65. The number of benzene rings is 1. The molecule has 0 radical (unpaired) electrons. The second kappa shape index (κ2) is 7.77. The Balaban J connectivity index is 2.66. The van der Waals surface area contributed by atoms with Gasteiger partial charge in [-0.1, -0.05) is 37.6 Å². The normalized spacial score (nSPS) is 13.3. The Kier molecular flexibility index (Phi) is 6.64. The lowest BCUT2D eigenvalue weighted by Gasteiger charge is -2.16. The molecule has 0 aromatic heterocycles. The van der Waals surface area contributed by atoms with Gasteiger partial charge in [0.1, 0.15) is 6.04 Å². The van der Waals surface area contributed by atoms with Crippen molar-refractivity contribution >= 4 is 27.6 Å². The van der Waals surface area contributed by atoms with Crippen LogP contribution in [0.25, 0.3) is 0 Å². The van der Waals surface area contributed by atoms with Gasteiger partial charge in [0, 0.05) is 5.02 Å². The number of aryl methyl sites for hydroxylation is 1. The van der Waals surface area contributed by atoms with E-state index in [4.69, 9.17) is 16.7 Å². The number of aliphatic carboxylic acids is 1. The van der Waals surface area contributed by atoms with E-state index in [9.17, 15) is 13.2 Å². The molecule has 1 rings (SSSR count). The molecule has 118 valence electrons. The third-order valence-electron chi connectivity index (χ3n) is 2.88. The summed E-state index contributed by atoms with van der Waals surface area (Å²) in [6.07, 6.45) is 0.537. The molecule has 2 N–H and O–H groups in total. The molecule has 1 atom stereocenters. The van der Waals surface area contributed by atoms with Crippen LogP contribution >= 0.6 is 11.6 Å². The lowest BCUT2D eigenvalue weighted by molar-refractivity contribution is -0.139. The van der Waals surface area contributed by atoms with Gasteiger partial charge in [0.25, 0.3) is 0 Å². The van der Waals surface area contributed by atoms with Gasteiger partial charge < -0.3 is 5.11 Å². The maximum Gasteiger partial charge on any atom is 0.321 e. The Labute approximate surface area is 130 Å². The zero-order chi connectivity index (χ0) is 16.0. The summed E-state index contributed by atoms with van der Waals surface area (Å²) >= 11 is 5.84. The number of nitrogens with one attached hydrogen (secondary N) is 1. The highest BCUT2D eigenvalue weighted by atomic mass is 35.5. The molecule has 1 aromatic rings. The van der Waals surface area contributed by atoms with Crippen LogP contribution in [0.1, 0.15) is 25.8 Å². The van der Waals surface area contributed by atoms with Gasteiger partial charge in [-0.3, -0.25) is 4.79 Å². The summed E-state index contributed by atoms with van der Waals surface area (Å²) < 4.78 is 26.2. The van der Waals surface area contributed by atoms with Crippen molar-refractivity contribution in [2.75, 3.05) is 5.75 Å². The average molecular weight is 334 g/mol. The van der Waals surface area contributed by atoms with Gasteiger partial charge in [0.05, 0.1) is 5.75 Å². The number of carboxylic acid groups (broad SMARTS) is 1. The van der Waals surface area contributed by atoms with Gasteiger partial charge in [0.15, 0.2) is 0 Å². The Bertz CT molecular complexity index is 586. The molecular formula is C14H20ClNO4S. The minimum atomic E-state index is -3.66. The van der Waals surface area contributed by atoms with Gasteiger partial charge in [-0.05, 0) is 36.5 Å². The summed E-state index contributed by atoms with van der Waals surface area (Å²) in [5.74, 6) is -1.24. The van der Waals surface area contributed by atoms with Crippen molar-refractivity contribution in [3.8, 4) is 0 Å². The Morgan fingerprint density at radius 3 is 2.57 bits per heavy atom. The first kappa shape index (κ1) is 17.9. The predicted molar refractivity (Wildman–Crippen MR) is 83.0 cm³/mol. The minimum Gasteiger partial charge on any atom is -0.480 e. The van der Waals surface area contributed by atoms with E-state index in [0.29, 0.717) is 5.02 Å². The smallest absolute Gasteiger partial charge is 0.321 e. The maximum atomic E-state index is 12.0. The molecule has 0 amide bonds. The zero-order valence-corrected chi connectivity index (χ0v) is 13.6. The van der Waals surface area contributed by atoms with Gasteiger partial charge in [-0.2, -0.15) is 0 Å². The molecule has 0 saturated heterocycles. The summed E-state index contributed by atoms with van der Waals surface area (Å²) in [6, 6.07) is 5.84. The zero-order valence-electron chi connectivity index (χ0n) is 12.0. The largest absolute Gasteiger partial charge is 0.480 e. The first-order valence-electron chi connectivity index (χ1n) is 6.67. The van der Waals surface area contributed by atoms with Crippen LogP contribution in [-0.4, -0.2) is 31.3 Å². The highest BCUT2D eigenvalue weighted by Crippen LogP contribution is 2.12. The molecule has 0 fully saturated rings. The van der Waals surface area contributed by atoms with Gasteiger partial charge in [-0.15, -0.1) is 0 Å². The van der Waals surface area contributed by atoms with Crippen LogP contribution in [0.5, 0.6) is 0 Å². The molecule has 0 aliphatic heterocycles. The maximum absolute atomic E-state index is 12.0. The van der Waals surface area contributed by atoms with E-state index < -0.39 is 22.0 Å². The van der Waals surface area contributed by atoms with E-state index in [1.165, 1.54) is 0 Å². The second-order valence-electron chi connectivity index (χ2n) is 5.34. The predicted octanol–water partition coefficient (Wildman–Crippen LogP) is 2.30. The van der Waals surface area contributed by atoms with E-state index in [-0.39, 0.29) is 24.5 Å². The fourth-order valence-corrected chi connectivity index (χ4v) is 3.36. The van der Waals surface area contributed by atoms with Crippen LogP contribution in [0.3, 0.4) is 0 Å². The summed E-state index contributed by atoms with van der Waals surface area (Å²) in [6.45, 7) is 3.69. The molecule has 0 saturated carbocycles. The van der Waals surface area contributed by atoms with Gasteiger partial charge >= 0.3 is 5.97 Å². The minimum absolute atomic E-state index is 0.0849. The first-order valence-corrected chi connectivity index (χ1v) is 8.70. The van der Waals surface area contributed by atoms with Crippen LogP contribution in [0.15, 0.2) is 24.3 Å². The van der Waals surface area contributed by atoms with Crippen LogP contribution in [0, 0.1) is 5.92 Å². The van der Waals surface area contributed by atoms with E-state index in [2.05, 4.69) is 4.72 Å². The molecule has 0 unspecified atom stereocenters. The standard InChI is InChI=1S/C14H20ClNO4S/c1-10(2)8-13(14(17)18)16-21(19,20)7-6-11-4-3-5-12(15)9-11/h3-5,9-10,13,16H,6-8H2,1-2H3,(H,17,18)/t13-/m0/s1. The van der Waals surface area contributed by atoms with Crippen molar-refractivity contribution in [3.05, 3.63) is 34.9 Å². The lowest BCUT2D eigenvalue weighted by Crippen LogP contribution is -2.42. The number of sulfonamides is 1. The fraction of sp³-hybridized carbons (Fsp3) is 0.500. The third kappa shape index (κ3) is 6.93. The monoisotopic (exact) mass is 333 g/mol. The molecule has 7 heteroatoms. The quantitative estimate of drug-likeness (QED) is 0.764. The third-order valence-corrected chi connectivity index (χ3v) is 4.50. The van der Waals surface area contributed by atoms with Crippen LogP contribution < -0.4 is 4.72 Å². The summed E-state index contributed by atoms with van der Waals surface area (Å²) in [5.41, 5.74) is 0.795. The summed E-state index contributed by atoms with van der Waals surface area (Å²) in [4.78, 5) is 11.1. The summed E-state index contributed by atoms with van der Waals surface area (Å²) in [5, 5.41) is 9.61. The number of hydrogen-bond acceptors (Lipinski definition) is 3. The molecule has 0 heterocycles. The molecule has 0 bridgehead atoms. The van der Waals surface area contributed by atoms with Gasteiger partial charge in [-0.25, -0.2) is 13.1 Å². The average Bonchev–Trinajstić information content (AvgIpc) is 2.35. The van der Waals surface area contributed by atoms with E-state index in [1.807, 2.05) is 13.8 Å². The highest BCUT2D eigenvalue weighted by molar-refractivity contribution is 7.89. The number of hydrogen-bond donors (Lipinski definition) is 2. The van der Waals surface area contributed by atoms with Crippen molar-refractivity contribution in [2.45, 2.75) is 32.7 Å². The van der Waals surface area contributed by atoms with Crippen molar-refractivity contribution < 1.29 is 18.3 Å². The van der Waals surface area contributed by atoms with Crippen LogP contribution in [0.2, 0.25) is 5.02 Å². The molecular weight excluding hydrogens is 314 g/mol. The molecule has 0 aliphatic rings. The van der Waals surface area contributed by atoms with E-state index >= 15 is 0 Å². The van der Waals surface area contributed by atoms with Crippen molar-refractivity contribution in [1.82, 2.24) is 4.72 Å². The van der Waals surface area contributed by atoms with Crippen molar-refractivity contribution in [1.29, 1.82) is 0 Å². The Morgan fingerprint density at radius 2 is 2.05 bits per heavy atom. The van der Waals surface area contributed by atoms with Crippen molar-refractivity contribution in [2.24, 2.45) is 5.92 Å². The van der Waals surface area contributed by atoms with E-state index in [1.54, 1.807) is 24.3 Å². The number of halogens is 1. The molecule has 1 aromatic carbocycles. The van der Waals surface area contributed by atoms with Gasteiger partial charge in [0.2, 0.25) is 10.0 Å². The summed E-state index contributed by atoms with van der Waals surface area (Å²) in [7, 11) is -3.66. The van der Waals surface area contributed by atoms with E-state index in [0.717, 1.165) is 5.56 Å².